The first-order valence-corrected chi connectivity index (χ1v) is 8.00. The molecular weight excluding hydrogens is 278 g/mol. The van der Waals surface area contributed by atoms with Crippen LogP contribution in [0.5, 0.6) is 0 Å². The third kappa shape index (κ3) is 2.63. The van der Waals surface area contributed by atoms with E-state index in [2.05, 4.69) is 57.3 Å². The lowest BCUT2D eigenvalue weighted by Crippen LogP contribution is -2.02. The summed E-state index contributed by atoms with van der Waals surface area (Å²) in [7, 11) is 0. The zero-order valence-electron chi connectivity index (χ0n) is 12.8. The second kappa shape index (κ2) is 5.45. The van der Waals surface area contributed by atoms with Crippen molar-refractivity contribution >= 4 is 28.1 Å². The first-order valence-electron chi connectivity index (χ1n) is 7.18. The molecule has 0 fully saturated rings. The summed E-state index contributed by atoms with van der Waals surface area (Å²) in [6, 6.07) is 8.48. The Hall–Kier alpha value is -1.94. The molecule has 0 saturated heterocycles. The second-order valence-electron chi connectivity index (χ2n) is 5.30. The highest BCUT2D eigenvalue weighted by Gasteiger charge is 2.12. The smallest absolute Gasteiger partial charge is 0.172 e. The summed E-state index contributed by atoms with van der Waals surface area (Å²) in [5.41, 5.74) is 3.51. The maximum atomic E-state index is 4.74. The zero-order valence-corrected chi connectivity index (χ0v) is 13.6. The predicted octanol–water partition coefficient (Wildman–Crippen LogP) is 4.72. The average Bonchev–Trinajstić information content (AvgIpc) is 2.79. The van der Waals surface area contributed by atoms with Crippen LogP contribution < -0.4 is 5.32 Å². The lowest BCUT2D eigenvalue weighted by Gasteiger charge is -2.09. The van der Waals surface area contributed by atoms with Gasteiger partial charge in [-0.2, -0.15) is 0 Å². The van der Waals surface area contributed by atoms with Gasteiger partial charge in [-0.15, -0.1) is 11.3 Å². The van der Waals surface area contributed by atoms with Crippen molar-refractivity contribution in [3.63, 3.8) is 0 Å². The summed E-state index contributed by atoms with van der Waals surface area (Å²) >= 11 is 1.75. The van der Waals surface area contributed by atoms with Gasteiger partial charge in [-0.05, 0) is 51.5 Å². The maximum absolute atomic E-state index is 4.74. The number of hydrogen-bond donors (Lipinski definition) is 1. The quantitative estimate of drug-likeness (QED) is 0.760. The van der Waals surface area contributed by atoms with Crippen LogP contribution in [0.25, 0.3) is 21.6 Å². The van der Waals surface area contributed by atoms with Gasteiger partial charge in [0.25, 0.3) is 0 Å². The Kier molecular flexibility index (Phi) is 3.64. The second-order valence-corrected chi connectivity index (χ2v) is 6.55. The van der Waals surface area contributed by atoms with E-state index < -0.39 is 0 Å². The van der Waals surface area contributed by atoms with E-state index in [4.69, 9.17) is 9.97 Å². The fourth-order valence-corrected chi connectivity index (χ4v) is 3.31. The Bertz CT molecular complexity index is 786. The van der Waals surface area contributed by atoms with Crippen molar-refractivity contribution in [2.75, 3.05) is 11.9 Å². The van der Waals surface area contributed by atoms with E-state index >= 15 is 0 Å². The Morgan fingerprint density at radius 3 is 2.57 bits per heavy atom. The number of nitrogens with one attached hydrogen (secondary N) is 1. The third-order valence-corrected chi connectivity index (χ3v) is 4.73. The van der Waals surface area contributed by atoms with E-state index in [9.17, 15) is 0 Å². The Labute approximate surface area is 129 Å². The van der Waals surface area contributed by atoms with Gasteiger partial charge in [-0.3, -0.25) is 0 Å². The monoisotopic (exact) mass is 297 g/mol. The van der Waals surface area contributed by atoms with Gasteiger partial charge in [-0.25, -0.2) is 9.97 Å². The molecule has 0 aliphatic carbocycles. The normalized spacial score (nSPS) is 11.0. The molecule has 0 radical (unpaired) electrons. The molecule has 0 amide bonds. The fourth-order valence-electron chi connectivity index (χ4n) is 2.34. The summed E-state index contributed by atoms with van der Waals surface area (Å²) < 4.78 is 0. The van der Waals surface area contributed by atoms with E-state index in [1.807, 2.05) is 0 Å². The minimum Gasteiger partial charge on any atom is -0.370 e. The first-order chi connectivity index (χ1) is 10.1. The number of benzene rings is 1. The molecule has 0 unspecified atom stereocenters. The van der Waals surface area contributed by atoms with Crippen LogP contribution in [-0.4, -0.2) is 16.5 Å². The van der Waals surface area contributed by atoms with Gasteiger partial charge in [0.15, 0.2) is 5.82 Å². The topological polar surface area (TPSA) is 37.8 Å². The fraction of sp³-hybridized carbons (Fsp3) is 0.294. The number of thiophene rings is 1. The highest BCUT2D eigenvalue weighted by molar-refractivity contribution is 7.15. The zero-order chi connectivity index (χ0) is 15.0. The molecule has 0 bridgehead atoms. The first kappa shape index (κ1) is 14.0. The van der Waals surface area contributed by atoms with Crippen LogP contribution >= 0.6 is 11.3 Å². The van der Waals surface area contributed by atoms with Gasteiger partial charge in [0.05, 0.1) is 10.4 Å². The summed E-state index contributed by atoms with van der Waals surface area (Å²) in [5.74, 6) is 1.73. The summed E-state index contributed by atoms with van der Waals surface area (Å²) in [6.07, 6.45) is 0. The van der Waals surface area contributed by atoms with E-state index in [0.717, 1.165) is 34.0 Å². The van der Waals surface area contributed by atoms with Crippen molar-refractivity contribution in [2.45, 2.75) is 27.7 Å². The molecule has 2 aromatic heterocycles. The number of aromatic nitrogens is 2. The average molecular weight is 297 g/mol. The lowest BCUT2D eigenvalue weighted by molar-refractivity contribution is 1.15. The summed E-state index contributed by atoms with van der Waals surface area (Å²) in [4.78, 5) is 11.9. The van der Waals surface area contributed by atoms with Crippen molar-refractivity contribution in [2.24, 2.45) is 0 Å². The molecule has 21 heavy (non-hydrogen) atoms. The molecule has 0 aliphatic heterocycles. The van der Waals surface area contributed by atoms with E-state index in [1.165, 1.54) is 16.0 Å². The molecule has 2 heterocycles. The maximum Gasteiger partial charge on any atom is 0.172 e. The van der Waals surface area contributed by atoms with Crippen LogP contribution in [0.4, 0.5) is 5.82 Å². The number of anilines is 1. The standard InChI is InChI=1S/C17H19N3S/c1-5-18-16-13-8-10(2)6-7-14(13)19-17(20-16)15-9-11(3)12(4)21-15/h6-9H,5H2,1-4H3,(H,18,19,20). The third-order valence-electron chi connectivity index (χ3n) is 3.58. The van der Waals surface area contributed by atoms with Gasteiger partial charge >= 0.3 is 0 Å². The number of aryl methyl sites for hydroxylation is 3. The summed E-state index contributed by atoms with van der Waals surface area (Å²) in [6.45, 7) is 9.30. The molecular formula is C17H19N3S. The van der Waals surface area contributed by atoms with Crippen molar-refractivity contribution in [3.05, 3.63) is 40.3 Å². The van der Waals surface area contributed by atoms with Crippen LogP contribution in [0.2, 0.25) is 0 Å². The van der Waals surface area contributed by atoms with E-state index in [0.29, 0.717) is 0 Å². The Morgan fingerprint density at radius 1 is 1.10 bits per heavy atom. The lowest BCUT2D eigenvalue weighted by atomic mass is 10.1. The molecule has 0 saturated carbocycles. The minimum absolute atomic E-state index is 0.809. The molecule has 0 aliphatic rings. The van der Waals surface area contributed by atoms with Gasteiger partial charge < -0.3 is 5.32 Å². The predicted molar refractivity (Wildman–Crippen MR) is 91.2 cm³/mol. The number of hydrogen-bond acceptors (Lipinski definition) is 4. The van der Waals surface area contributed by atoms with Crippen LogP contribution in [-0.2, 0) is 0 Å². The van der Waals surface area contributed by atoms with Gasteiger partial charge in [-0.1, -0.05) is 11.6 Å². The minimum atomic E-state index is 0.809. The highest BCUT2D eigenvalue weighted by Crippen LogP contribution is 2.31. The van der Waals surface area contributed by atoms with Gasteiger partial charge in [0, 0.05) is 16.8 Å². The Morgan fingerprint density at radius 2 is 1.90 bits per heavy atom. The molecule has 0 spiro atoms. The molecule has 0 atom stereocenters. The van der Waals surface area contributed by atoms with Crippen LogP contribution in [0.3, 0.4) is 0 Å². The largest absolute Gasteiger partial charge is 0.370 e. The van der Waals surface area contributed by atoms with E-state index in [-0.39, 0.29) is 0 Å². The molecule has 1 aromatic carbocycles. The van der Waals surface area contributed by atoms with Crippen molar-refractivity contribution in [1.82, 2.24) is 9.97 Å². The SMILES string of the molecule is CCNc1nc(-c2cc(C)c(C)s2)nc2ccc(C)cc12. The van der Waals surface area contributed by atoms with E-state index in [1.54, 1.807) is 11.3 Å². The summed E-state index contributed by atoms with van der Waals surface area (Å²) in [5, 5.41) is 4.45. The molecule has 3 aromatic rings. The van der Waals surface area contributed by atoms with Crippen molar-refractivity contribution in [1.29, 1.82) is 0 Å². The van der Waals surface area contributed by atoms with Crippen LogP contribution in [0.15, 0.2) is 24.3 Å². The number of nitrogens with zero attached hydrogens (tertiary/aromatic N) is 2. The number of rotatable bonds is 3. The van der Waals surface area contributed by atoms with Crippen LogP contribution in [0.1, 0.15) is 22.9 Å². The van der Waals surface area contributed by atoms with Crippen molar-refractivity contribution < 1.29 is 0 Å². The molecule has 3 nitrogen and oxygen atoms in total. The highest BCUT2D eigenvalue weighted by atomic mass is 32.1. The van der Waals surface area contributed by atoms with Crippen molar-refractivity contribution in [3.8, 4) is 10.7 Å². The molecule has 3 rings (SSSR count). The number of fused-ring (bicyclic) bond motifs is 1. The van der Waals surface area contributed by atoms with Crippen LogP contribution in [0, 0.1) is 20.8 Å². The molecule has 108 valence electrons. The van der Waals surface area contributed by atoms with Gasteiger partial charge in [0.1, 0.15) is 5.82 Å². The Balaban J connectivity index is 2.22. The molecule has 4 heteroatoms. The molecule has 1 N–H and O–H groups in total. The van der Waals surface area contributed by atoms with Gasteiger partial charge in [0.2, 0.25) is 0 Å².